The van der Waals surface area contributed by atoms with E-state index in [1.54, 1.807) is 0 Å². The summed E-state index contributed by atoms with van der Waals surface area (Å²) in [6.45, 7) is 16.9. The van der Waals surface area contributed by atoms with Crippen LogP contribution in [0.4, 0.5) is 11.4 Å². The van der Waals surface area contributed by atoms with Crippen molar-refractivity contribution >= 4 is 11.4 Å². The highest BCUT2D eigenvalue weighted by atomic mass is 16.5. The predicted octanol–water partition coefficient (Wildman–Crippen LogP) is 4.71. The zero-order valence-electron chi connectivity index (χ0n) is 18.7. The summed E-state index contributed by atoms with van der Waals surface area (Å²) in [7, 11) is 0. The quantitative estimate of drug-likeness (QED) is 0.818. The Balaban J connectivity index is 1.54. The first-order valence-corrected chi connectivity index (χ1v) is 10.8. The summed E-state index contributed by atoms with van der Waals surface area (Å²) < 4.78 is 6.29. The van der Waals surface area contributed by atoms with Crippen molar-refractivity contribution < 1.29 is 9.84 Å². The van der Waals surface area contributed by atoms with Gasteiger partial charge in [0.1, 0.15) is 11.4 Å². The number of hydrogen-bond donors (Lipinski definition) is 1. The van der Waals surface area contributed by atoms with E-state index < -0.39 is 6.10 Å². The van der Waals surface area contributed by atoms with E-state index in [0.29, 0.717) is 0 Å². The van der Waals surface area contributed by atoms with Crippen LogP contribution < -0.4 is 14.5 Å². The lowest BCUT2D eigenvalue weighted by molar-refractivity contribution is 0.137. The van der Waals surface area contributed by atoms with Crippen LogP contribution >= 0.6 is 0 Å². The Hall–Kier alpha value is -2.20. The number of rotatable bonds is 3. The third kappa shape index (κ3) is 3.59. The third-order valence-electron chi connectivity index (χ3n) is 6.66. The Labute approximate surface area is 175 Å². The normalized spacial score (nSPS) is 19.1. The van der Waals surface area contributed by atoms with E-state index in [-0.39, 0.29) is 5.60 Å². The Morgan fingerprint density at radius 2 is 1.48 bits per heavy atom. The number of ether oxygens (including phenoxy) is 1. The van der Waals surface area contributed by atoms with Crippen molar-refractivity contribution in [1.82, 2.24) is 0 Å². The minimum atomic E-state index is -0.413. The van der Waals surface area contributed by atoms with E-state index in [9.17, 15) is 5.11 Å². The molecule has 29 heavy (non-hydrogen) atoms. The van der Waals surface area contributed by atoms with Gasteiger partial charge in [-0.25, -0.2) is 0 Å². The van der Waals surface area contributed by atoms with E-state index >= 15 is 0 Å². The zero-order valence-corrected chi connectivity index (χ0v) is 18.7. The molecule has 0 bridgehead atoms. The molecule has 2 aromatic carbocycles. The lowest BCUT2D eigenvalue weighted by Crippen LogP contribution is -2.47. The lowest BCUT2D eigenvalue weighted by atomic mass is 9.91. The highest BCUT2D eigenvalue weighted by molar-refractivity contribution is 5.70. The summed E-state index contributed by atoms with van der Waals surface area (Å²) in [5, 5.41) is 9.73. The number of fused-ring (bicyclic) bond motifs is 1. The van der Waals surface area contributed by atoms with Crippen LogP contribution in [0.15, 0.2) is 24.3 Å². The van der Waals surface area contributed by atoms with Crippen LogP contribution in [0.5, 0.6) is 5.75 Å². The molecule has 1 atom stereocenters. The van der Waals surface area contributed by atoms with Gasteiger partial charge in [-0.15, -0.1) is 0 Å². The van der Waals surface area contributed by atoms with Crippen LogP contribution in [0.25, 0.3) is 0 Å². The third-order valence-corrected chi connectivity index (χ3v) is 6.66. The summed E-state index contributed by atoms with van der Waals surface area (Å²) >= 11 is 0. The molecule has 4 rings (SSSR count). The molecular formula is C25H34N2O2. The maximum absolute atomic E-state index is 9.73. The first kappa shape index (κ1) is 20.1. The first-order chi connectivity index (χ1) is 13.7. The van der Waals surface area contributed by atoms with Crippen molar-refractivity contribution in [2.75, 3.05) is 36.0 Å². The van der Waals surface area contributed by atoms with Crippen LogP contribution in [0.2, 0.25) is 0 Å². The summed E-state index contributed by atoms with van der Waals surface area (Å²) in [5.74, 6) is 1.12. The van der Waals surface area contributed by atoms with Crippen molar-refractivity contribution in [2.24, 2.45) is 0 Å². The standard InChI is InChI=1S/C25H34N2O2/c1-16-17(2)24-22(15-25(5,6)29-24)18(3)23(16)27-13-11-26(12-14-27)21-9-7-20(8-10-21)19(4)28/h7-10,19,28H,11-15H2,1-6H3. The molecule has 0 spiro atoms. The fourth-order valence-corrected chi connectivity index (χ4v) is 4.88. The molecule has 156 valence electrons. The SMILES string of the molecule is Cc1c(C)c(N2CCN(c3ccc(C(C)O)cc3)CC2)c(C)c2c1OC(C)(C)C2. The Morgan fingerprint density at radius 1 is 0.897 bits per heavy atom. The lowest BCUT2D eigenvalue weighted by Gasteiger charge is -2.39. The van der Waals surface area contributed by atoms with Gasteiger partial charge in [0.25, 0.3) is 0 Å². The molecule has 1 fully saturated rings. The van der Waals surface area contributed by atoms with Crippen LogP contribution in [0, 0.1) is 20.8 Å². The van der Waals surface area contributed by atoms with Crippen LogP contribution in [0.3, 0.4) is 0 Å². The monoisotopic (exact) mass is 394 g/mol. The van der Waals surface area contributed by atoms with Gasteiger partial charge in [0.05, 0.1) is 6.10 Å². The molecular weight excluding hydrogens is 360 g/mol. The molecule has 0 aromatic heterocycles. The van der Waals surface area contributed by atoms with Crippen molar-refractivity contribution in [3.8, 4) is 5.75 Å². The average molecular weight is 395 g/mol. The number of benzene rings is 2. The number of aliphatic hydroxyl groups excluding tert-OH is 1. The van der Waals surface area contributed by atoms with Crippen LogP contribution in [-0.2, 0) is 6.42 Å². The molecule has 2 heterocycles. The smallest absolute Gasteiger partial charge is 0.127 e. The number of aliphatic hydroxyl groups is 1. The molecule has 0 amide bonds. The molecule has 4 heteroatoms. The van der Waals surface area contributed by atoms with E-state index in [4.69, 9.17) is 4.74 Å². The van der Waals surface area contributed by atoms with Gasteiger partial charge < -0.3 is 19.6 Å². The van der Waals surface area contributed by atoms with Crippen molar-refractivity contribution in [3.63, 3.8) is 0 Å². The van der Waals surface area contributed by atoms with Crippen molar-refractivity contribution in [2.45, 2.75) is 59.7 Å². The number of nitrogens with zero attached hydrogens (tertiary/aromatic N) is 2. The second-order valence-electron chi connectivity index (χ2n) is 9.31. The molecule has 1 unspecified atom stereocenters. The maximum atomic E-state index is 9.73. The zero-order chi connectivity index (χ0) is 20.9. The van der Waals surface area contributed by atoms with Gasteiger partial charge in [0.15, 0.2) is 0 Å². The molecule has 4 nitrogen and oxygen atoms in total. The van der Waals surface area contributed by atoms with Crippen LogP contribution in [0.1, 0.15) is 54.7 Å². The van der Waals surface area contributed by atoms with Crippen molar-refractivity contribution in [3.05, 3.63) is 52.1 Å². The summed E-state index contributed by atoms with van der Waals surface area (Å²) in [6.07, 6.45) is 0.571. The maximum Gasteiger partial charge on any atom is 0.127 e. The molecule has 0 radical (unpaired) electrons. The summed E-state index contributed by atoms with van der Waals surface area (Å²) in [6, 6.07) is 8.33. The van der Waals surface area contributed by atoms with E-state index in [2.05, 4.69) is 56.6 Å². The number of hydrogen-bond acceptors (Lipinski definition) is 4. The van der Waals surface area contributed by atoms with Gasteiger partial charge in [0, 0.05) is 49.5 Å². The molecule has 0 aliphatic carbocycles. The second-order valence-corrected chi connectivity index (χ2v) is 9.31. The van der Waals surface area contributed by atoms with E-state index in [0.717, 1.165) is 43.9 Å². The minimum absolute atomic E-state index is 0.111. The highest BCUT2D eigenvalue weighted by Gasteiger charge is 2.35. The van der Waals surface area contributed by atoms with E-state index in [1.807, 2.05) is 19.1 Å². The first-order valence-electron chi connectivity index (χ1n) is 10.8. The highest BCUT2D eigenvalue weighted by Crippen LogP contribution is 2.45. The Bertz CT molecular complexity index is 908. The van der Waals surface area contributed by atoms with Gasteiger partial charge in [-0.2, -0.15) is 0 Å². The van der Waals surface area contributed by atoms with E-state index in [1.165, 1.54) is 33.6 Å². The topological polar surface area (TPSA) is 35.9 Å². The van der Waals surface area contributed by atoms with Gasteiger partial charge in [-0.1, -0.05) is 12.1 Å². The fraction of sp³-hybridized carbons (Fsp3) is 0.520. The molecule has 2 aromatic rings. The summed E-state index contributed by atoms with van der Waals surface area (Å²) in [5.41, 5.74) is 8.94. The van der Waals surface area contributed by atoms with Crippen molar-refractivity contribution in [1.29, 1.82) is 0 Å². The Morgan fingerprint density at radius 3 is 2.07 bits per heavy atom. The molecule has 1 N–H and O–H groups in total. The van der Waals surface area contributed by atoms with Gasteiger partial charge in [-0.3, -0.25) is 0 Å². The second kappa shape index (κ2) is 7.24. The average Bonchev–Trinajstić information content (AvgIpc) is 3.03. The molecule has 1 saturated heterocycles. The van der Waals surface area contributed by atoms with Crippen LogP contribution in [-0.4, -0.2) is 36.9 Å². The number of anilines is 2. The minimum Gasteiger partial charge on any atom is -0.487 e. The predicted molar refractivity (Wildman–Crippen MR) is 121 cm³/mol. The molecule has 0 saturated carbocycles. The van der Waals surface area contributed by atoms with Gasteiger partial charge >= 0.3 is 0 Å². The molecule has 2 aliphatic heterocycles. The summed E-state index contributed by atoms with van der Waals surface area (Å²) in [4.78, 5) is 5.00. The largest absolute Gasteiger partial charge is 0.487 e. The Kier molecular flexibility index (Phi) is 5.02. The van der Waals surface area contributed by atoms with Gasteiger partial charge in [0.2, 0.25) is 0 Å². The fourth-order valence-electron chi connectivity index (χ4n) is 4.88. The number of piperazine rings is 1. The molecule has 2 aliphatic rings. The van der Waals surface area contributed by atoms with Gasteiger partial charge in [-0.05, 0) is 75.9 Å².